The van der Waals surface area contributed by atoms with Gasteiger partial charge in [0.1, 0.15) is 0 Å². The average molecular weight is 278 g/mol. The van der Waals surface area contributed by atoms with Crippen LogP contribution >= 0.6 is 11.3 Å². The Kier molecular flexibility index (Phi) is 4.16. The van der Waals surface area contributed by atoms with Gasteiger partial charge in [-0.25, -0.2) is 0 Å². The minimum absolute atomic E-state index is 0.174. The Hall–Kier alpha value is -1.88. The minimum Gasteiger partial charge on any atom is -0.481 e. The molecule has 4 nitrogen and oxygen atoms in total. The van der Waals surface area contributed by atoms with Gasteiger partial charge in [0.05, 0.1) is 6.61 Å². The van der Waals surface area contributed by atoms with Crippen LogP contribution in [0.2, 0.25) is 0 Å². The molecule has 0 fully saturated rings. The minimum atomic E-state index is -1.14. The van der Waals surface area contributed by atoms with E-state index in [2.05, 4.69) is 0 Å². The van der Waals surface area contributed by atoms with Crippen LogP contribution in [0.15, 0.2) is 30.3 Å². The highest BCUT2D eigenvalue weighted by Gasteiger charge is 2.28. The van der Waals surface area contributed by atoms with Crippen molar-refractivity contribution < 1.29 is 19.4 Å². The lowest BCUT2D eigenvalue weighted by atomic mass is 10.0. The number of thiophene rings is 1. The SMILES string of the molecule is CCOC(=O)C(Cc1cc2ccccc2s1)C(=O)O. The van der Waals surface area contributed by atoms with E-state index in [9.17, 15) is 9.59 Å². The van der Waals surface area contributed by atoms with E-state index in [-0.39, 0.29) is 13.0 Å². The van der Waals surface area contributed by atoms with Crippen molar-refractivity contribution in [1.29, 1.82) is 0 Å². The number of carboxylic acid groups (broad SMARTS) is 1. The Morgan fingerprint density at radius 3 is 2.74 bits per heavy atom. The van der Waals surface area contributed by atoms with Gasteiger partial charge in [-0.2, -0.15) is 0 Å². The van der Waals surface area contributed by atoms with Crippen molar-refractivity contribution in [3.8, 4) is 0 Å². The van der Waals surface area contributed by atoms with Crippen molar-refractivity contribution in [3.63, 3.8) is 0 Å². The number of rotatable bonds is 5. The van der Waals surface area contributed by atoms with Crippen LogP contribution in [-0.2, 0) is 20.7 Å². The Bertz CT molecular complexity index is 569. The zero-order chi connectivity index (χ0) is 13.8. The van der Waals surface area contributed by atoms with Crippen LogP contribution in [0.3, 0.4) is 0 Å². The lowest BCUT2D eigenvalue weighted by molar-refractivity contribution is -0.158. The van der Waals surface area contributed by atoms with Crippen molar-refractivity contribution in [2.45, 2.75) is 13.3 Å². The van der Waals surface area contributed by atoms with Gasteiger partial charge in [-0.1, -0.05) is 18.2 Å². The third-order valence-corrected chi connectivity index (χ3v) is 3.89. The molecule has 0 radical (unpaired) electrons. The lowest BCUT2D eigenvalue weighted by Gasteiger charge is -2.09. The number of carboxylic acids is 1. The maximum Gasteiger partial charge on any atom is 0.320 e. The van der Waals surface area contributed by atoms with Gasteiger partial charge in [0, 0.05) is 16.0 Å². The standard InChI is InChI=1S/C14H14O4S/c1-2-18-14(17)11(13(15)16)8-10-7-9-5-3-4-6-12(9)19-10/h3-7,11H,2,8H2,1H3,(H,15,16). The number of hydrogen-bond acceptors (Lipinski definition) is 4. The third-order valence-electron chi connectivity index (χ3n) is 2.75. The fourth-order valence-corrected chi connectivity index (χ4v) is 2.96. The maximum atomic E-state index is 11.6. The topological polar surface area (TPSA) is 63.6 Å². The first-order chi connectivity index (χ1) is 9.11. The van der Waals surface area contributed by atoms with E-state index in [1.807, 2.05) is 30.3 Å². The Balaban J connectivity index is 2.21. The molecule has 0 bridgehead atoms. The first-order valence-corrected chi connectivity index (χ1v) is 6.80. The maximum absolute atomic E-state index is 11.6. The highest BCUT2D eigenvalue weighted by atomic mass is 32.1. The van der Waals surface area contributed by atoms with E-state index in [1.54, 1.807) is 6.92 Å². The van der Waals surface area contributed by atoms with Crippen LogP contribution in [0, 0.1) is 5.92 Å². The second-order valence-electron chi connectivity index (χ2n) is 4.10. The molecule has 1 heterocycles. The van der Waals surface area contributed by atoms with Crippen molar-refractivity contribution in [2.24, 2.45) is 5.92 Å². The van der Waals surface area contributed by atoms with Gasteiger partial charge in [-0.3, -0.25) is 9.59 Å². The van der Waals surface area contributed by atoms with Gasteiger partial charge >= 0.3 is 11.9 Å². The fourth-order valence-electron chi connectivity index (χ4n) is 1.85. The molecule has 2 aromatic rings. The molecule has 0 spiro atoms. The predicted octanol–water partition coefficient (Wildman–Crippen LogP) is 2.71. The summed E-state index contributed by atoms with van der Waals surface area (Å²) >= 11 is 1.51. The number of aliphatic carboxylic acids is 1. The van der Waals surface area contributed by atoms with Crippen LogP contribution in [0.1, 0.15) is 11.8 Å². The molecule has 100 valence electrons. The number of benzene rings is 1. The molecule has 19 heavy (non-hydrogen) atoms. The molecule has 0 aliphatic heterocycles. The van der Waals surface area contributed by atoms with Gasteiger partial charge in [0.25, 0.3) is 0 Å². The van der Waals surface area contributed by atoms with Crippen LogP contribution in [0.5, 0.6) is 0 Å². The van der Waals surface area contributed by atoms with Gasteiger partial charge in [-0.15, -0.1) is 11.3 Å². The van der Waals surface area contributed by atoms with E-state index in [4.69, 9.17) is 9.84 Å². The summed E-state index contributed by atoms with van der Waals surface area (Å²) in [6.07, 6.45) is 0.174. The lowest BCUT2D eigenvalue weighted by Crippen LogP contribution is -2.27. The summed E-state index contributed by atoms with van der Waals surface area (Å²) in [5.74, 6) is -2.95. The largest absolute Gasteiger partial charge is 0.481 e. The van der Waals surface area contributed by atoms with Gasteiger partial charge in [0.15, 0.2) is 5.92 Å². The molecule has 1 unspecified atom stereocenters. The Morgan fingerprint density at radius 2 is 2.11 bits per heavy atom. The molecule has 1 atom stereocenters. The zero-order valence-corrected chi connectivity index (χ0v) is 11.3. The summed E-state index contributed by atoms with van der Waals surface area (Å²) in [6, 6.07) is 9.73. The summed E-state index contributed by atoms with van der Waals surface area (Å²) in [5, 5.41) is 10.2. The molecule has 0 saturated carbocycles. The number of carbonyl (C=O) groups excluding carboxylic acids is 1. The monoisotopic (exact) mass is 278 g/mol. The van der Waals surface area contributed by atoms with Crippen LogP contribution in [0.25, 0.3) is 10.1 Å². The quantitative estimate of drug-likeness (QED) is 0.674. The Labute approximate surface area is 114 Å². The molecule has 0 saturated heterocycles. The second-order valence-corrected chi connectivity index (χ2v) is 5.27. The number of carbonyl (C=O) groups is 2. The number of hydrogen-bond donors (Lipinski definition) is 1. The first-order valence-electron chi connectivity index (χ1n) is 5.98. The zero-order valence-electron chi connectivity index (χ0n) is 10.5. The molecule has 0 amide bonds. The molecule has 1 aromatic carbocycles. The van der Waals surface area contributed by atoms with E-state index >= 15 is 0 Å². The smallest absolute Gasteiger partial charge is 0.320 e. The molecule has 0 aliphatic rings. The predicted molar refractivity (Wildman–Crippen MR) is 73.3 cm³/mol. The van der Waals surface area contributed by atoms with E-state index in [1.165, 1.54) is 11.3 Å². The summed E-state index contributed by atoms with van der Waals surface area (Å²) in [7, 11) is 0. The molecular formula is C14H14O4S. The van der Waals surface area contributed by atoms with E-state index < -0.39 is 17.9 Å². The molecule has 1 N–H and O–H groups in total. The van der Waals surface area contributed by atoms with E-state index in [0.29, 0.717) is 0 Å². The third kappa shape index (κ3) is 3.12. The molecule has 0 aliphatic carbocycles. The average Bonchev–Trinajstić information content (AvgIpc) is 2.78. The van der Waals surface area contributed by atoms with E-state index in [0.717, 1.165) is 15.0 Å². The molecule has 1 aromatic heterocycles. The summed E-state index contributed by atoms with van der Waals surface area (Å²) < 4.78 is 5.88. The highest BCUT2D eigenvalue weighted by Crippen LogP contribution is 2.27. The van der Waals surface area contributed by atoms with Crippen molar-refractivity contribution in [1.82, 2.24) is 0 Å². The number of fused-ring (bicyclic) bond motifs is 1. The normalized spacial score (nSPS) is 12.3. The summed E-state index contributed by atoms with van der Waals surface area (Å²) in [6.45, 7) is 1.85. The molecular weight excluding hydrogens is 264 g/mol. The number of esters is 1. The summed E-state index contributed by atoms with van der Waals surface area (Å²) in [5.41, 5.74) is 0. The molecule has 2 rings (SSSR count). The summed E-state index contributed by atoms with van der Waals surface area (Å²) in [4.78, 5) is 23.6. The van der Waals surface area contributed by atoms with Crippen LogP contribution in [0.4, 0.5) is 0 Å². The molecule has 5 heteroatoms. The first kappa shape index (κ1) is 13.5. The van der Waals surface area contributed by atoms with Crippen molar-refractivity contribution in [3.05, 3.63) is 35.2 Å². The fraction of sp³-hybridized carbons (Fsp3) is 0.286. The number of ether oxygens (including phenoxy) is 1. The van der Waals surface area contributed by atoms with Gasteiger partial charge < -0.3 is 9.84 Å². The van der Waals surface area contributed by atoms with Gasteiger partial charge in [0.2, 0.25) is 0 Å². The highest BCUT2D eigenvalue weighted by molar-refractivity contribution is 7.19. The van der Waals surface area contributed by atoms with Crippen LogP contribution in [-0.4, -0.2) is 23.7 Å². The van der Waals surface area contributed by atoms with Crippen LogP contribution < -0.4 is 0 Å². The van der Waals surface area contributed by atoms with Gasteiger partial charge in [-0.05, 0) is 24.4 Å². The Morgan fingerprint density at radius 1 is 1.37 bits per heavy atom. The van der Waals surface area contributed by atoms with Crippen molar-refractivity contribution >= 4 is 33.4 Å². The van der Waals surface area contributed by atoms with Crippen molar-refractivity contribution in [2.75, 3.05) is 6.61 Å². The second kappa shape index (κ2) is 5.84.